The van der Waals surface area contributed by atoms with Gasteiger partial charge in [0.25, 0.3) is 0 Å². The van der Waals surface area contributed by atoms with Crippen LogP contribution < -0.4 is 0 Å². The molecule has 0 fully saturated rings. The Bertz CT molecular complexity index is 144. The van der Waals surface area contributed by atoms with Gasteiger partial charge in [-0.2, -0.15) is 0 Å². The zero-order valence-corrected chi connectivity index (χ0v) is 6.60. The minimum atomic E-state index is -0.445. The van der Waals surface area contributed by atoms with E-state index in [1.807, 2.05) is 0 Å². The second-order valence-electron chi connectivity index (χ2n) is 1.38. The predicted molar refractivity (Wildman–Crippen MR) is 40.8 cm³/mol. The Morgan fingerprint density at radius 1 is 1.30 bits per heavy atom. The number of methoxy groups -OCH3 is 2. The normalized spacial score (nSPS) is 9.40. The Balaban J connectivity index is 3.75. The molecule has 0 amide bonds. The zero-order valence-electron chi connectivity index (χ0n) is 5.79. The van der Waals surface area contributed by atoms with Crippen molar-refractivity contribution >= 4 is 23.2 Å². The maximum Gasteiger partial charge on any atom is 0.330 e. The summed E-state index contributed by atoms with van der Waals surface area (Å²) in [7, 11) is 2.73. The fraction of sp³-hybridized carbons (Fsp3) is 0.333. The molecule has 0 heterocycles. The average Bonchev–Trinajstić information content (AvgIpc) is 1.99. The van der Waals surface area contributed by atoms with Crippen LogP contribution in [0.3, 0.4) is 0 Å². The summed E-state index contributed by atoms with van der Waals surface area (Å²) >= 11 is 4.60. The number of ether oxygens (including phenoxy) is 2. The first kappa shape index (κ1) is 9.10. The summed E-state index contributed by atoms with van der Waals surface area (Å²) in [6.07, 6.45) is 2.56. The number of carbonyl (C=O) groups excluding carboxylic acids is 1. The number of esters is 1. The van der Waals surface area contributed by atoms with Crippen molar-refractivity contribution in [2.24, 2.45) is 0 Å². The molecule has 0 radical (unpaired) electrons. The summed E-state index contributed by atoms with van der Waals surface area (Å²) in [6.45, 7) is 0. The summed E-state index contributed by atoms with van der Waals surface area (Å²) < 4.78 is 8.89. The van der Waals surface area contributed by atoms with E-state index in [2.05, 4.69) is 21.7 Å². The molecule has 0 saturated carbocycles. The quantitative estimate of drug-likeness (QED) is 0.338. The Hall–Kier alpha value is -0.900. The van der Waals surface area contributed by atoms with Crippen LogP contribution in [-0.2, 0) is 14.3 Å². The molecule has 0 aromatic rings. The Labute approximate surface area is 64.6 Å². The van der Waals surface area contributed by atoms with Crippen molar-refractivity contribution in [1.29, 1.82) is 0 Å². The molecule has 0 unspecified atom stereocenters. The standard InChI is InChI=1S/C6H8O3S/c1-8-5(7)3-4-6(10)9-2/h3-4H,1-2H3/b4-3-. The van der Waals surface area contributed by atoms with Gasteiger partial charge in [-0.15, -0.1) is 0 Å². The van der Waals surface area contributed by atoms with E-state index in [1.165, 1.54) is 26.4 Å². The highest BCUT2D eigenvalue weighted by Gasteiger charge is 1.91. The van der Waals surface area contributed by atoms with Gasteiger partial charge in [-0.1, -0.05) is 0 Å². The van der Waals surface area contributed by atoms with Crippen LogP contribution >= 0.6 is 12.2 Å². The van der Waals surface area contributed by atoms with E-state index in [1.54, 1.807) is 0 Å². The van der Waals surface area contributed by atoms with Crippen LogP contribution in [0.2, 0.25) is 0 Å². The lowest BCUT2D eigenvalue weighted by Crippen LogP contribution is -1.97. The van der Waals surface area contributed by atoms with Gasteiger partial charge in [-0.3, -0.25) is 0 Å². The van der Waals surface area contributed by atoms with Gasteiger partial charge in [-0.05, 0) is 18.3 Å². The highest BCUT2D eigenvalue weighted by atomic mass is 32.1. The third kappa shape index (κ3) is 4.03. The summed E-state index contributed by atoms with van der Waals surface area (Å²) in [5, 5.41) is 0.255. The first-order chi connectivity index (χ1) is 4.70. The number of hydrogen-bond acceptors (Lipinski definition) is 4. The van der Waals surface area contributed by atoms with Crippen LogP contribution in [-0.4, -0.2) is 25.2 Å². The van der Waals surface area contributed by atoms with Gasteiger partial charge < -0.3 is 9.47 Å². The summed E-state index contributed by atoms with van der Waals surface area (Å²) in [4.78, 5) is 10.4. The van der Waals surface area contributed by atoms with E-state index in [0.29, 0.717) is 0 Å². The molecule has 0 aliphatic rings. The largest absolute Gasteiger partial charge is 0.487 e. The van der Waals surface area contributed by atoms with Gasteiger partial charge in [0.15, 0.2) is 5.05 Å². The lowest BCUT2D eigenvalue weighted by molar-refractivity contribution is -0.134. The van der Waals surface area contributed by atoms with Gasteiger partial charge in [0.05, 0.1) is 14.2 Å². The van der Waals surface area contributed by atoms with Crippen molar-refractivity contribution in [2.45, 2.75) is 0 Å². The monoisotopic (exact) mass is 160 g/mol. The third-order valence-electron chi connectivity index (χ3n) is 0.758. The Morgan fingerprint density at radius 2 is 1.90 bits per heavy atom. The van der Waals surface area contributed by atoms with Crippen molar-refractivity contribution < 1.29 is 14.3 Å². The van der Waals surface area contributed by atoms with Gasteiger partial charge in [-0.25, -0.2) is 4.79 Å². The van der Waals surface area contributed by atoms with Crippen LogP contribution in [0.25, 0.3) is 0 Å². The van der Waals surface area contributed by atoms with Crippen molar-refractivity contribution in [3.8, 4) is 0 Å². The molecule has 0 aromatic heterocycles. The molecule has 0 aliphatic heterocycles. The molecule has 3 nitrogen and oxygen atoms in total. The van der Waals surface area contributed by atoms with E-state index < -0.39 is 5.97 Å². The number of carbonyl (C=O) groups is 1. The molecule has 0 aromatic carbocycles. The van der Waals surface area contributed by atoms with Crippen molar-refractivity contribution in [2.75, 3.05) is 14.2 Å². The topological polar surface area (TPSA) is 35.5 Å². The summed E-state index contributed by atoms with van der Waals surface area (Å²) in [6, 6.07) is 0. The second kappa shape index (κ2) is 4.93. The highest BCUT2D eigenvalue weighted by Crippen LogP contribution is 1.83. The number of rotatable bonds is 2. The smallest absolute Gasteiger partial charge is 0.330 e. The first-order valence-corrected chi connectivity index (χ1v) is 2.95. The lowest BCUT2D eigenvalue weighted by atomic mass is 10.5. The SMILES string of the molecule is COC(=O)/C=C\C(=S)OC. The van der Waals surface area contributed by atoms with Crippen molar-refractivity contribution in [3.05, 3.63) is 12.2 Å². The van der Waals surface area contributed by atoms with Gasteiger partial charge in [0, 0.05) is 6.08 Å². The molecule has 0 spiro atoms. The number of hydrogen-bond donors (Lipinski definition) is 0. The molecule has 0 bridgehead atoms. The van der Waals surface area contributed by atoms with Gasteiger partial charge >= 0.3 is 5.97 Å². The molecular formula is C6H8O3S. The van der Waals surface area contributed by atoms with E-state index in [4.69, 9.17) is 0 Å². The molecular weight excluding hydrogens is 152 g/mol. The summed E-state index contributed by atoms with van der Waals surface area (Å²) in [5.74, 6) is -0.445. The van der Waals surface area contributed by atoms with E-state index in [-0.39, 0.29) is 5.05 Å². The molecule has 0 saturated heterocycles. The van der Waals surface area contributed by atoms with Crippen LogP contribution in [0.5, 0.6) is 0 Å². The maximum atomic E-state index is 10.4. The van der Waals surface area contributed by atoms with Crippen LogP contribution in [0.1, 0.15) is 0 Å². The molecule has 0 rings (SSSR count). The van der Waals surface area contributed by atoms with Gasteiger partial charge in [0.1, 0.15) is 0 Å². The molecule has 56 valence electrons. The first-order valence-electron chi connectivity index (χ1n) is 2.54. The van der Waals surface area contributed by atoms with Crippen LogP contribution in [0.15, 0.2) is 12.2 Å². The van der Waals surface area contributed by atoms with Gasteiger partial charge in [0.2, 0.25) is 0 Å². The van der Waals surface area contributed by atoms with E-state index >= 15 is 0 Å². The van der Waals surface area contributed by atoms with Crippen LogP contribution in [0, 0.1) is 0 Å². The van der Waals surface area contributed by atoms with E-state index in [9.17, 15) is 4.79 Å². The highest BCUT2D eigenvalue weighted by molar-refractivity contribution is 7.80. The molecule has 0 N–H and O–H groups in total. The predicted octanol–water partition coefficient (Wildman–Crippen LogP) is 0.689. The Morgan fingerprint density at radius 3 is 2.30 bits per heavy atom. The molecule has 0 aliphatic carbocycles. The van der Waals surface area contributed by atoms with Crippen LogP contribution in [0.4, 0.5) is 0 Å². The Kier molecular flexibility index (Phi) is 4.49. The fourth-order valence-electron chi connectivity index (χ4n) is 0.272. The molecule has 10 heavy (non-hydrogen) atoms. The lowest BCUT2D eigenvalue weighted by Gasteiger charge is -1.92. The van der Waals surface area contributed by atoms with E-state index in [0.717, 1.165) is 0 Å². The average molecular weight is 160 g/mol. The second-order valence-corrected chi connectivity index (χ2v) is 1.78. The van der Waals surface area contributed by atoms with Crippen molar-refractivity contribution in [1.82, 2.24) is 0 Å². The minimum Gasteiger partial charge on any atom is -0.487 e. The van der Waals surface area contributed by atoms with Crippen molar-refractivity contribution in [3.63, 3.8) is 0 Å². The summed E-state index contributed by atoms with van der Waals surface area (Å²) in [5.41, 5.74) is 0. The number of thiocarbonyl (C=S) groups is 1. The maximum absolute atomic E-state index is 10.4. The fourth-order valence-corrected chi connectivity index (χ4v) is 0.340. The third-order valence-corrected chi connectivity index (χ3v) is 1.06. The molecule has 4 heteroatoms. The zero-order chi connectivity index (χ0) is 7.98. The minimum absolute atomic E-state index is 0.255. The molecule has 0 atom stereocenters.